The van der Waals surface area contributed by atoms with Gasteiger partial charge in [0.05, 0.1) is 5.56 Å². The average Bonchev–Trinajstić information content (AvgIpc) is 2.27. The Bertz CT molecular complexity index is 335. The highest BCUT2D eigenvalue weighted by atomic mass is 16.1. The predicted molar refractivity (Wildman–Crippen MR) is 63.0 cm³/mol. The van der Waals surface area contributed by atoms with Gasteiger partial charge in [-0.3, -0.25) is 4.79 Å². The summed E-state index contributed by atoms with van der Waals surface area (Å²) in [5.74, 6) is 0.102. The van der Waals surface area contributed by atoms with Crippen LogP contribution in [0.15, 0.2) is 18.7 Å². The van der Waals surface area contributed by atoms with Gasteiger partial charge in [-0.1, -0.05) is 13.8 Å². The predicted octanol–water partition coefficient (Wildman–Crippen LogP) is 1.81. The van der Waals surface area contributed by atoms with Crippen LogP contribution in [0, 0.1) is 5.41 Å². The summed E-state index contributed by atoms with van der Waals surface area (Å²) in [6.45, 7) is 4.93. The number of Topliss-reactive ketones (excluding diaryl/α,β-unsaturated/α-hetero) is 1. The van der Waals surface area contributed by atoms with E-state index in [0.29, 0.717) is 18.5 Å². The minimum absolute atomic E-state index is 0.102. The van der Waals surface area contributed by atoms with Crippen LogP contribution in [0.25, 0.3) is 0 Å². The monoisotopic (exact) mass is 221 g/mol. The summed E-state index contributed by atoms with van der Waals surface area (Å²) in [4.78, 5) is 19.5. The summed E-state index contributed by atoms with van der Waals surface area (Å²) >= 11 is 0. The van der Waals surface area contributed by atoms with Gasteiger partial charge in [-0.15, -0.1) is 0 Å². The number of nitrogens with two attached hydrogens (primary N) is 1. The van der Waals surface area contributed by atoms with Crippen LogP contribution in [0.1, 0.15) is 43.5 Å². The van der Waals surface area contributed by atoms with Gasteiger partial charge in [0.2, 0.25) is 0 Å². The van der Waals surface area contributed by atoms with Crippen LogP contribution < -0.4 is 5.73 Å². The van der Waals surface area contributed by atoms with E-state index in [0.717, 1.165) is 12.8 Å². The SMILES string of the molecule is CC(C)(CCN)CCC(=O)c1cncnc1. The maximum Gasteiger partial charge on any atom is 0.165 e. The van der Waals surface area contributed by atoms with Crippen LogP contribution in [0.2, 0.25) is 0 Å². The molecule has 0 amide bonds. The minimum Gasteiger partial charge on any atom is -0.330 e. The Labute approximate surface area is 96.3 Å². The van der Waals surface area contributed by atoms with Crippen molar-refractivity contribution in [2.45, 2.75) is 33.1 Å². The molecule has 0 aliphatic rings. The Kier molecular flexibility index (Phi) is 4.55. The molecular formula is C12H19N3O. The van der Waals surface area contributed by atoms with Gasteiger partial charge in [0, 0.05) is 18.8 Å². The molecule has 1 aromatic heterocycles. The van der Waals surface area contributed by atoms with E-state index in [1.807, 2.05) is 0 Å². The molecule has 0 saturated heterocycles. The lowest BCUT2D eigenvalue weighted by atomic mass is 9.83. The third kappa shape index (κ3) is 4.06. The first-order chi connectivity index (χ1) is 7.55. The Balaban J connectivity index is 2.48. The van der Waals surface area contributed by atoms with Gasteiger partial charge in [-0.05, 0) is 24.8 Å². The first-order valence-electron chi connectivity index (χ1n) is 5.53. The van der Waals surface area contributed by atoms with Crippen molar-refractivity contribution >= 4 is 5.78 Å². The second-order valence-electron chi connectivity index (χ2n) is 4.75. The maximum absolute atomic E-state index is 11.8. The molecule has 0 bridgehead atoms. The Morgan fingerprint density at radius 2 is 1.94 bits per heavy atom. The molecule has 0 aromatic carbocycles. The van der Waals surface area contributed by atoms with E-state index in [9.17, 15) is 4.79 Å². The smallest absolute Gasteiger partial charge is 0.165 e. The van der Waals surface area contributed by atoms with Crippen molar-refractivity contribution in [2.75, 3.05) is 6.54 Å². The molecule has 2 N–H and O–H groups in total. The van der Waals surface area contributed by atoms with Gasteiger partial charge in [0.15, 0.2) is 5.78 Å². The lowest BCUT2D eigenvalue weighted by Crippen LogP contribution is -2.18. The Hall–Kier alpha value is -1.29. The number of hydrogen-bond acceptors (Lipinski definition) is 4. The lowest BCUT2D eigenvalue weighted by Gasteiger charge is -2.23. The van der Waals surface area contributed by atoms with Gasteiger partial charge in [-0.25, -0.2) is 9.97 Å². The van der Waals surface area contributed by atoms with Crippen LogP contribution in [-0.2, 0) is 0 Å². The summed E-state index contributed by atoms with van der Waals surface area (Å²) in [6, 6.07) is 0. The van der Waals surface area contributed by atoms with Gasteiger partial charge in [0.1, 0.15) is 6.33 Å². The van der Waals surface area contributed by atoms with Crippen molar-refractivity contribution < 1.29 is 4.79 Å². The zero-order chi connectivity index (χ0) is 12.0. The number of ketones is 1. The highest BCUT2D eigenvalue weighted by molar-refractivity contribution is 5.95. The van der Waals surface area contributed by atoms with E-state index >= 15 is 0 Å². The molecule has 0 radical (unpaired) electrons. The number of carbonyl (C=O) groups is 1. The number of rotatable bonds is 6. The second kappa shape index (κ2) is 5.70. The van der Waals surface area contributed by atoms with Crippen molar-refractivity contribution in [2.24, 2.45) is 11.1 Å². The first-order valence-corrected chi connectivity index (χ1v) is 5.53. The number of carbonyl (C=O) groups excluding carboxylic acids is 1. The normalized spacial score (nSPS) is 11.4. The standard InChI is InChI=1S/C12H19N3O/c1-12(2,5-6-13)4-3-11(16)10-7-14-9-15-8-10/h7-9H,3-6,13H2,1-2H3. The fraction of sp³-hybridized carbons (Fsp3) is 0.583. The topological polar surface area (TPSA) is 68.9 Å². The van der Waals surface area contributed by atoms with E-state index in [1.54, 1.807) is 12.4 Å². The van der Waals surface area contributed by atoms with Crippen LogP contribution in [0.3, 0.4) is 0 Å². The molecule has 0 saturated carbocycles. The molecule has 4 heteroatoms. The Morgan fingerprint density at radius 3 is 2.50 bits per heavy atom. The largest absolute Gasteiger partial charge is 0.330 e. The average molecular weight is 221 g/mol. The molecule has 0 atom stereocenters. The van der Waals surface area contributed by atoms with E-state index in [-0.39, 0.29) is 11.2 Å². The van der Waals surface area contributed by atoms with Crippen LogP contribution >= 0.6 is 0 Å². The third-order valence-corrected chi connectivity index (χ3v) is 2.73. The van der Waals surface area contributed by atoms with Crippen molar-refractivity contribution in [1.29, 1.82) is 0 Å². The molecule has 0 spiro atoms. The summed E-state index contributed by atoms with van der Waals surface area (Å²) in [7, 11) is 0. The van der Waals surface area contributed by atoms with E-state index in [2.05, 4.69) is 23.8 Å². The van der Waals surface area contributed by atoms with Crippen molar-refractivity contribution in [1.82, 2.24) is 9.97 Å². The first kappa shape index (κ1) is 12.8. The number of hydrogen-bond donors (Lipinski definition) is 1. The molecule has 0 unspecified atom stereocenters. The van der Waals surface area contributed by atoms with Gasteiger partial charge in [-0.2, -0.15) is 0 Å². The fourth-order valence-corrected chi connectivity index (χ4v) is 1.56. The van der Waals surface area contributed by atoms with Crippen LogP contribution in [0.5, 0.6) is 0 Å². The number of aromatic nitrogens is 2. The molecule has 0 fully saturated rings. The van der Waals surface area contributed by atoms with Crippen molar-refractivity contribution in [3.05, 3.63) is 24.3 Å². The Morgan fingerprint density at radius 1 is 1.31 bits per heavy atom. The molecule has 0 aliphatic carbocycles. The summed E-state index contributed by atoms with van der Waals surface area (Å²) in [5, 5.41) is 0. The maximum atomic E-state index is 11.8. The van der Waals surface area contributed by atoms with Gasteiger partial charge < -0.3 is 5.73 Å². The lowest BCUT2D eigenvalue weighted by molar-refractivity contribution is 0.0961. The molecule has 1 rings (SSSR count). The molecule has 1 aromatic rings. The van der Waals surface area contributed by atoms with Crippen LogP contribution in [-0.4, -0.2) is 22.3 Å². The summed E-state index contributed by atoms with van der Waals surface area (Å²) in [6.07, 6.45) is 6.86. The molecule has 0 aliphatic heterocycles. The highest BCUT2D eigenvalue weighted by Crippen LogP contribution is 2.26. The minimum atomic E-state index is 0.102. The highest BCUT2D eigenvalue weighted by Gasteiger charge is 2.18. The third-order valence-electron chi connectivity index (χ3n) is 2.73. The summed E-state index contributed by atoms with van der Waals surface area (Å²) < 4.78 is 0. The van der Waals surface area contributed by atoms with E-state index < -0.39 is 0 Å². The zero-order valence-corrected chi connectivity index (χ0v) is 9.94. The van der Waals surface area contributed by atoms with E-state index in [1.165, 1.54) is 6.33 Å². The molecule has 16 heavy (non-hydrogen) atoms. The van der Waals surface area contributed by atoms with Gasteiger partial charge in [0.25, 0.3) is 0 Å². The van der Waals surface area contributed by atoms with Gasteiger partial charge >= 0.3 is 0 Å². The fourth-order valence-electron chi connectivity index (χ4n) is 1.56. The van der Waals surface area contributed by atoms with E-state index in [4.69, 9.17) is 5.73 Å². The zero-order valence-electron chi connectivity index (χ0n) is 9.94. The molecule has 88 valence electrons. The van der Waals surface area contributed by atoms with Crippen molar-refractivity contribution in [3.63, 3.8) is 0 Å². The molecular weight excluding hydrogens is 202 g/mol. The summed E-state index contributed by atoms with van der Waals surface area (Å²) in [5.41, 5.74) is 6.24. The molecule has 4 nitrogen and oxygen atoms in total. The second-order valence-corrected chi connectivity index (χ2v) is 4.75. The van der Waals surface area contributed by atoms with Crippen molar-refractivity contribution in [3.8, 4) is 0 Å². The quantitative estimate of drug-likeness (QED) is 0.744. The number of nitrogens with zero attached hydrogens (tertiary/aromatic N) is 2. The van der Waals surface area contributed by atoms with Crippen LogP contribution in [0.4, 0.5) is 0 Å². The molecule has 1 heterocycles.